The molecule has 0 radical (unpaired) electrons. The first-order valence-electron chi connectivity index (χ1n) is 11.0. The summed E-state index contributed by atoms with van der Waals surface area (Å²) in [7, 11) is 0. The van der Waals surface area contributed by atoms with Crippen molar-refractivity contribution in [1.29, 1.82) is 0 Å². The van der Waals surface area contributed by atoms with Crippen LogP contribution in [-0.2, 0) is 4.79 Å². The van der Waals surface area contributed by atoms with Crippen molar-refractivity contribution in [2.45, 2.75) is 82.7 Å². The summed E-state index contributed by atoms with van der Waals surface area (Å²) >= 11 is 0. The molecule has 0 atom stereocenters. The maximum absolute atomic E-state index is 12.6. The van der Waals surface area contributed by atoms with Gasteiger partial charge in [-0.25, -0.2) is 0 Å². The van der Waals surface area contributed by atoms with Crippen molar-refractivity contribution in [1.82, 2.24) is 4.90 Å². The summed E-state index contributed by atoms with van der Waals surface area (Å²) < 4.78 is 0. The van der Waals surface area contributed by atoms with Gasteiger partial charge >= 0.3 is 0 Å². The third-order valence-electron chi connectivity index (χ3n) is 7.77. The van der Waals surface area contributed by atoms with Gasteiger partial charge in [-0.3, -0.25) is 4.79 Å². The van der Waals surface area contributed by atoms with Crippen molar-refractivity contribution in [3.8, 4) is 0 Å². The number of rotatable bonds is 3. The zero-order chi connectivity index (χ0) is 18.8. The van der Waals surface area contributed by atoms with E-state index in [0.717, 1.165) is 19.0 Å². The number of nitrogens with zero attached hydrogens (tertiary/aromatic N) is 1. The van der Waals surface area contributed by atoms with Crippen LogP contribution in [0.1, 0.15) is 86.8 Å². The van der Waals surface area contributed by atoms with E-state index < -0.39 is 5.60 Å². The molecule has 1 aliphatic heterocycles. The van der Waals surface area contributed by atoms with Crippen LogP contribution in [0.25, 0.3) is 0 Å². The number of aryl methyl sites for hydroxylation is 1. The van der Waals surface area contributed by atoms with Gasteiger partial charge in [-0.2, -0.15) is 0 Å². The van der Waals surface area contributed by atoms with Crippen molar-refractivity contribution in [2.75, 3.05) is 13.1 Å². The fourth-order valence-corrected chi connectivity index (χ4v) is 5.96. The summed E-state index contributed by atoms with van der Waals surface area (Å²) in [6.45, 7) is 6.00. The van der Waals surface area contributed by atoms with Crippen molar-refractivity contribution in [3.63, 3.8) is 0 Å². The Kier molecular flexibility index (Phi) is 3.99. The van der Waals surface area contributed by atoms with Crippen LogP contribution in [0.2, 0.25) is 0 Å². The molecule has 3 nitrogen and oxygen atoms in total. The molecule has 1 heterocycles. The quantitative estimate of drug-likeness (QED) is 0.853. The van der Waals surface area contributed by atoms with E-state index in [0.29, 0.717) is 30.1 Å². The van der Waals surface area contributed by atoms with E-state index in [1.54, 1.807) is 11.1 Å². The minimum absolute atomic E-state index is 0.0711. The number of likely N-dealkylation sites (tertiary alicyclic amines) is 1. The van der Waals surface area contributed by atoms with E-state index in [4.69, 9.17) is 0 Å². The van der Waals surface area contributed by atoms with E-state index >= 15 is 0 Å². The van der Waals surface area contributed by atoms with Crippen LogP contribution in [0.3, 0.4) is 0 Å². The van der Waals surface area contributed by atoms with Gasteiger partial charge in [0, 0.05) is 24.4 Å². The number of amides is 1. The Bertz CT molecular complexity index is 740. The van der Waals surface area contributed by atoms with Crippen LogP contribution < -0.4 is 0 Å². The first kappa shape index (κ1) is 17.7. The second kappa shape index (κ2) is 6.07. The van der Waals surface area contributed by atoms with E-state index in [2.05, 4.69) is 30.0 Å². The lowest BCUT2D eigenvalue weighted by Crippen LogP contribution is -2.62. The third-order valence-corrected chi connectivity index (χ3v) is 7.77. The summed E-state index contributed by atoms with van der Waals surface area (Å²) in [5.41, 5.74) is 4.35. The maximum Gasteiger partial charge on any atom is 0.225 e. The molecule has 146 valence electrons. The van der Waals surface area contributed by atoms with Crippen molar-refractivity contribution in [3.05, 3.63) is 34.9 Å². The summed E-state index contributed by atoms with van der Waals surface area (Å²) in [5, 5.41) is 9.89. The van der Waals surface area contributed by atoms with Crippen LogP contribution in [-0.4, -0.2) is 34.6 Å². The highest BCUT2D eigenvalue weighted by molar-refractivity contribution is 5.81. The van der Waals surface area contributed by atoms with Crippen LogP contribution in [0.4, 0.5) is 0 Å². The molecule has 27 heavy (non-hydrogen) atoms. The van der Waals surface area contributed by atoms with E-state index in [1.165, 1.54) is 44.1 Å². The summed E-state index contributed by atoms with van der Waals surface area (Å²) in [5.74, 6) is 1.90. The van der Waals surface area contributed by atoms with Gasteiger partial charge in [-0.1, -0.05) is 23.8 Å². The minimum Gasteiger partial charge on any atom is -0.390 e. The average Bonchev–Trinajstić information content (AvgIpc) is 3.41. The molecule has 3 saturated carbocycles. The van der Waals surface area contributed by atoms with Gasteiger partial charge in [0.25, 0.3) is 0 Å². The highest BCUT2D eigenvalue weighted by Crippen LogP contribution is 2.50. The molecule has 1 saturated heterocycles. The normalized spacial score (nSPS) is 32.9. The molecule has 0 aromatic heterocycles. The van der Waals surface area contributed by atoms with Crippen molar-refractivity contribution >= 4 is 5.91 Å². The Morgan fingerprint density at radius 1 is 1.00 bits per heavy atom. The lowest BCUT2D eigenvalue weighted by Gasteiger charge is -2.55. The molecule has 1 N–H and O–H groups in total. The highest BCUT2D eigenvalue weighted by Gasteiger charge is 2.51. The second-order valence-electron chi connectivity index (χ2n) is 10.5. The number of carbonyl (C=O) groups is 1. The fraction of sp³-hybridized carbons (Fsp3) is 0.708. The Balaban J connectivity index is 1.17. The van der Waals surface area contributed by atoms with Crippen molar-refractivity contribution < 1.29 is 9.90 Å². The molecular weight excluding hydrogens is 334 g/mol. The zero-order valence-electron chi connectivity index (χ0n) is 16.8. The second-order valence-corrected chi connectivity index (χ2v) is 10.5. The lowest BCUT2D eigenvalue weighted by atomic mass is 9.63. The summed E-state index contributed by atoms with van der Waals surface area (Å²) in [6.07, 6.45) is 9.10. The molecule has 3 aliphatic carbocycles. The Morgan fingerprint density at radius 3 is 2.07 bits per heavy atom. The molecule has 0 bridgehead atoms. The molecule has 4 aliphatic rings. The molecule has 4 fully saturated rings. The molecule has 3 heteroatoms. The first-order valence-corrected chi connectivity index (χ1v) is 11.0. The molecule has 0 unspecified atom stereocenters. The number of hydrogen-bond acceptors (Lipinski definition) is 2. The zero-order valence-corrected chi connectivity index (χ0v) is 16.8. The van der Waals surface area contributed by atoms with Gasteiger partial charge in [0.15, 0.2) is 0 Å². The van der Waals surface area contributed by atoms with Gasteiger partial charge < -0.3 is 10.0 Å². The topological polar surface area (TPSA) is 40.5 Å². The largest absolute Gasteiger partial charge is 0.390 e. The van der Waals surface area contributed by atoms with Gasteiger partial charge in [0.2, 0.25) is 5.91 Å². The van der Waals surface area contributed by atoms with Gasteiger partial charge in [-0.15, -0.1) is 0 Å². The number of aliphatic hydroxyl groups is 1. The predicted molar refractivity (Wildman–Crippen MR) is 107 cm³/mol. The lowest BCUT2D eigenvalue weighted by molar-refractivity contribution is -0.163. The summed E-state index contributed by atoms with van der Waals surface area (Å²) in [6, 6.07) is 7.29. The number of benzene rings is 1. The van der Waals surface area contributed by atoms with Crippen LogP contribution in [0.15, 0.2) is 18.2 Å². The maximum atomic E-state index is 12.6. The van der Waals surface area contributed by atoms with Crippen molar-refractivity contribution in [2.24, 2.45) is 11.3 Å². The van der Waals surface area contributed by atoms with Crippen LogP contribution in [0.5, 0.6) is 0 Å². The molecular formula is C24H33NO2. The predicted octanol–water partition coefficient (Wildman–Crippen LogP) is 4.52. The fourth-order valence-electron chi connectivity index (χ4n) is 5.96. The van der Waals surface area contributed by atoms with E-state index in [1.807, 2.05) is 6.92 Å². The number of hydrogen-bond donors (Lipinski definition) is 1. The Morgan fingerprint density at radius 2 is 1.56 bits per heavy atom. The SMILES string of the molecule is Cc1cc(C2CC2)cc(C2CCC3(CC2)CN(C(=O)C2CC(C)(O)C2)C3)c1. The van der Waals surface area contributed by atoms with Gasteiger partial charge in [-0.05, 0) is 88.2 Å². The monoisotopic (exact) mass is 367 g/mol. The summed E-state index contributed by atoms with van der Waals surface area (Å²) in [4.78, 5) is 14.6. The van der Waals surface area contributed by atoms with Crippen LogP contribution in [0, 0.1) is 18.3 Å². The number of carbonyl (C=O) groups excluding carboxylic acids is 1. The first-order chi connectivity index (χ1) is 12.8. The molecule has 5 rings (SSSR count). The molecule has 1 amide bonds. The Labute approximate surface area is 163 Å². The van der Waals surface area contributed by atoms with Crippen LogP contribution >= 0.6 is 0 Å². The van der Waals surface area contributed by atoms with E-state index in [-0.39, 0.29) is 5.92 Å². The highest BCUT2D eigenvalue weighted by atomic mass is 16.3. The molecule has 1 aromatic rings. The molecule has 1 aromatic carbocycles. The molecule has 1 spiro atoms. The third kappa shape index (κ3) is 3.33. The minimum atomic E-state index is -0.603. The standard InChI is InChI=1S/C24H33NO2/c1-16-9-19(17-3-4-17)11-20(10-16)18-5-7-24(8-6-18)14-25(15-24)22(26)21-12-23(2,27)13-21/h9-11,17-18,21,27H,3-8,12-15H2,1-2H3. The van der Waals surface area contributed by atoms with E-state index in [9.17, 15) is 9.90 Å². The smallest absolute Gasteiger partial charge is 0.225 e. The van der Waals surface area contributed by atoms with Gasteiger partial charge in [0.1, 0.15) is 0 Å². The Hall–Kier alpha value is -1.35. The van der Waals surface area contributed by atoms with Gasteiger partial charge in [0.05, 0.1) is 5.60 Å². The average molecular weight is 368 g/mol.